The maximum absolute atomic E-state index is 12.1. The summed E-state index contributed by atoms with van der Waals surface area (Å²) >= 11 is 7.26. The second kappa shape index (κ2) is 5.89. The van der Waals surface area contributed by atoms with Gasteiger partial charge in [0.05, 0.1) is 20.5 Å². The van der Waals surface area contributed by atoms with E-state index in [1.54, 1.807) is 6.20 Å². The third kappa shape index (κ3) is 3.35. The molecule has 104 valence electrons. The van der Waals surface area contributed by atoms with E-state index >= 15 is 0 Å². The number of nitrogens with one attached hydrogen (secondary N) is 1. The Morgan fingerprint density at radius 3 is 2.80 bits per heavy atom. The van der Waals surface area contributed by atoms with Crippen molar-refractivity contribution in [2.24, 2.45) is 0 Å². The van der Waals surface area contributed by atoms with Crippen molar-refractivity contribution in [3.05, 3.63) is 44.9 Å². The summed E-state index contributed by atoms with van der Waals surface area (Å²) in [5, 5.41) is 9.75. The Hall–Kier alpha value is -1.46. The zero-order valence-electron chi connectivity index (χ0n) is 10.4. The smallest absolute Gasteiger partial charge is 0.240 e. The lowest BCUT2D eigenvalue weighted by Crippen LogP contribution is -2.22. The lowest BCUT2D eigenvalue weighted by Gasteiger charge is -2.06. The lowest BCUT2D eigenvalue weighted by molar-refractivity contribution is 0.582. The quantitative estimate of drug-likeness (QED) is 0.935. The van der Waals surface area contributed by atoms with Crippen LogP contribution in [0.25, 0.3) is 0 Å². The van der Waals surface area contributed by atoms with E-state index in [-0.39, 0.29) is 22.0 Å². The highest BCUT2D eigenvalue weighted by molar-refractivity contribution is 7.89. The number of aryl methyl sites for hydroxylation is 1. The highest BCUT2D eigenvalue weighted by Gasteiger charge is 2.16. The molecule has 0 aliphatic rings. The zero-order chi connectivity index (χ0) is 14.8. The van der Waals surface area contributed by atoms with Crippen molar-refractivity contribution >= 4 is 33.0 Å². The predicted octanol–water partition coefficient (Wildman–Crippen LogP) is 2.46. The third-order valence-corrected chi connectivity index (χ3v) is 5.10. The highest BCUT2D eigenvalue weighted by Crippen LogP contribution is 2.20. The normalized spacial score (nSPS) is 11.2. The molecule has 1 aromatic carbocycles. The highest BCUT2D eigenvalue weighted by atomic mass is 35.5. The molecule has 0 saturated heterocycles. The van der Waals surface area contributed by atoms with E-state index in [0.29, 0.717) is 0 Å². The van der Waals surface area contributed by atoms with Gasteiger partial charge in [0.1, 0.15) is 6.07 Å². The molecule has 0 aliphatic heterocycles. The molecule has 8 heteroatoms. The van der Waals surface area contributed by atoms with E-state index in [1.807, 2.05) is 13.0 Å². The first-order chi connectivity index (χ1) is 9.42. The van der Waals surface area contributed by atoms with Gasteiger partial charge in [-0.05, 0) is 25.1 Å². The van der Waals surface area contributed by atoms with E-state index in [9.17, 15) is 8.42 Å². The monoisotopic (exact) mass is 327 g/mol. The van der Waals surface area contributed by atoms with Crippen molar-refractivity contribution in [2.45, 2.75) is 18.4 Å². The Bertz CT molecular complexity index is 778. The first kappa shape index (κ1) is 14.9. The van der Waals surface area contributed by atoms with Crippen LogP contribution in [0.1, 0.15) is 15.4 Å². The van der Waals surface area contributed by atoms with Crippen molar-refractivity contribution in [3.63, 3.8) is 0 Å². The van der Waals surface area contributed by atoms with Crippen LogP contribution in [0, 0.1) is 18.3 Å². The average molecular weight is 328 g/mol. The fraction of sp³-hybridized carbons (Fsp3) is 0.167. The second-order valence-corrected chi connectivity index (χ2v) is 7.42. The Kier molecular flexibility index (Phi) is 4.40. The average Bonchev–Trinajstić information content (AvgIpc) is 2.82. The van der Waals surface area contributed by atoms with Gasteiger partial charge in [-0.3, -0.25) is 0 Å². The van der Waals surface area contributed by atoms with Crippen LogP contribution in [0.3, 0.4) is 0 Å². The number of hydrogen-bond acceptors (Lipinski definition) is 5. The molecule has 1 heterocycles. The Labute approximate surface area is 125 Å². The summed E-state index contributed by atoms with van der Waals surface area (Å²) in [5.41, 5.74) is 0.240. The molecule has 2 aromatic rings. The summed E-state index contributed by atoms with van der Waals surface area (Å²) < 4.78 is 26.7. The Morgan fingerprint density at radius 1 is 1.50 bits per heavy atom. The molecule has 0 saturated carbocycles. The molecule has 0 aliphatic carbocycles. The molecule has 1 N–H and O–H groups in total. The van der Waals surface area contributed by atoms with Crippen LogP contribution in [0.15, 0.2) is 29.3 Å². The van der Waals surface area contributed by atoms with Gasteiger partial charge in [0.15, 0.2) is 0 Å². The summed E-state index contributed by atoms with van der Waals surface area (Å²) in [6, 6.07) is 5.88. The minimum atomic E-state index is -3.66. The molecular formula is C12H10ClN3O2S2. The van der Waals surface area contributed by atoms with Crippen LogP contribution in [0.2, 0.25) is 5.02 Å². The van der Waals surface area contributed by atoms with Crippen molar-refractivity contribution < 1.29 is 8.42 Å². The number of halogens is 1. The van der Waals surface area contributed by atoms with E-state index in [4.69, 9.17) is 16.9 Å². The van der Waals surface area contributed by atoms with E-state index in [1.165, 1.54) is 29.5 Å². The van der Waals surface area contributed by atoms with Crippen LogP contribution in [0.5, 0.6) is 0 Å². The molecule has 0 atom stereocenters. The molecular weight excluding hydrogens is 318 g/mol. The van der Waals surface area contributed by atoms with Crippen LogP contribution in [-0.4, -0.2) is 13.4 Å². The molecule has 1 aromatic heterocycles. The summed E-state index contributed by atoms with van der Waals surface area (Å²) in [4.78, 5) is 4.91. The fourth-order valence-electron chi connectivity index (χ4n) is 1.49. The molecule has 5 nitrogen and oxygen atoms in total. The van der Waals surface area contributed by atoms with E-state index in [0.717, 1.165) is 9.88 Å². The summed E-state index contributed by atoms with van der Waals surface area (Å²) in [6.45, 7) is 2.02. The SMILES string of the molecule is Cc1ncc(CNS(=O)(=O)c2ccc(C#N)c(Cl)c2)s1. The maximum Gasteiger partial charge on any atom is 0.240 e. The van der Waals surface area contributed by atoms with Crippen molar-refractivity contribution in [1.29, 1.82) is 5.26 Å². The standard InChI is InChI=1S/C12H10ClN3O2S2/c1-8-15-6-10(19-8)7-16-20(17,18)11-3-2-9(5-14)12(13)4-11/h2-4,6,16H,7H2,1H3. The van der Waals surface area contributed by atoms with E-state index in [2.05, 4.69) is 9.71 Å². The largest absolute Gasteiger partial charge is 0.250 e. The first-order valence-corrected chi connectivity index (χ1v) is 8.21. The molecule has 0 bridgehead atoms. The van der Waals surface area contributed by atoms with Gasteiger partial charge < -0.3 is 0 Å². The Morgan fingerprint density at radius 2 is 2.25 bits per heavy atom. The molecule has 2 rings (SSSR count). The van der Waals surface area contributed by atoms with Crippen molar-refractivity contribution in [1.82, 2.24) is 9.71 Å². The fourth-order valence-corrected chi connectivity index (χ4v) is 3.64. The van der Waals surface area contributed by atoms with Crippen LogP contribution in [0.4, 0.5) is 0 Å². The molecule has 0 spiro atoms. The van der Waals surface area contributed by atoms with Crippen LogP contribution >= 0.6 is 22.9 Å². The Balaban J connectivity index is 2.18. The number of thiazole rings is 1. The third-order valence-electron chi connectivity index (χ3n) is 2.48. The van der Waals surface area contributed by atoms with Gasteiger partial charge in [-0.15, -0.1) is 11.3 Å². The molecule has 0 unspecified atom stereocenters. The van der Waals surface area contributed by atoms with Gasteiger partial charge in [-0.2, -0.15) is 5.26 Å². The molecule has 0 fully saturated rings. The molecule has 0 radical (unpaired) electrons. The number of hydrogen-bond donors (Lipinski definition) is 1. The number of benzene rings is 1. The summed E-state index contributed by atoms with van der Waals surface area (Å²) in [6.07, 6.45) is 1.63. The van der Waals surface area contributed by atoms with Crippen molar-refractivity contribution in [3.8, 4) is 6.07 Å². The summed E-state index contributed by atoms with van der Waals surface area (Å²) in [5.74, 6) is 0. The zero-order valence-corrected chi connectivity index (χ0v) is 12.8. The number of aromatic nitrogens is 1. The van der Waals surface area contributed by atoms with Gasteiger partial charge in [-0.25, -0.2) is 18.1 Å². The van der Waals surface area contributed by atoms with Crippen LogP contribution < -0.4 is 4.72 Å². The second-order valence-electron chi connectivity index (χ2n) is 3.92. The van der Waals surface area contributed by atoms with Gasteiger partial charge in [-0.1, -0.05) is 11.6 Å². The van der Waals surface area contributed by atoms with Gasteiger partial charge in [0, 0.05) is 17.6 Å². The van der Waals surface area contributed by atoms with Gasteiger partial charge >= 0.3 is 0 Å². The summed E-state index contributed by atoms with van der Waals surface area (Å²) in [7, 11) is -3.66. The number of rotatable bonds is 4. The maximum atomic E-state index is 12.1. The predicted molar refractivity (Wildman–Crippen MR) is 77.0 cm³/mol. The van der Waals surface area contributed by atoms with Crippen molar-refractivity contribution in [2.75, 3.05) is 0 Å². The number of nitrogens with zero attached hydrogens (tertiary/aromatic N) is 2. The lowest BCUT2D eigenvalue weighted by atomic mass is 10.2. The van der Waals surface area contributed by atoms with Crippen LogP contribution in [-0.2, 0) is 16.6 Å². The van der Waals surface area contributed by atoms with Gasteiger partial charge in [0.25, 0.3) is 0 Å². The molecule has 20 heavy (non-hydrogen) atoms. The van der Waals surface area contributed by atoms with E-state index < -0.39 is 10.0 Å². The number of sulfonamides is 1. The number of nitriles is 1. The minimum absolute atomic E-state index is 0.0303. The topological polar surface area (TPSA) is 82.8 Å². The minimum Gasteiger partial charge on any atom is -0.250 e. The molecule has 0 amide bonds. The van der Waals surface area contributed by atoms with Gasteiger partial charge in [0.2, 0.25) is 10.0 Å². The first-order valence-electron chi connectivity index (χ1n) is 5.53.